The number of carbonyl (C=O) groups is 2. The molecule has 136 valence electrons. The van der Waals surface area contributed by atoms with Crippen LogP contribution in [0.25, 0.3) is 0 Å². The third-order valence-corrected chi connectivity index (χ3v) is 4.84. The van der Waals surface area contributed by atoms with Crippen LogP contribution in [0.5, 0.6) is 0 Å². The van der Waals surface area contributed by atoms with Crippen LogP contribution in [0.15, 0.2) is 36.8 Å². The third-order valence-electron chi connectivity index (χ3n) is 4.84. The Morgan fingerprint density at radius 1 is 1.00 bits per heavy atom. The molecule has 3 rings (SSSR count). The molecule has 0 spiro atoms. The van der Waals surface area contributed by atoms with E-state index in [4.69, 9.17) is 0 Å². The fourth-order valence-electron chi connectivity index (χ4n) is 3.14. The topological polar surface area (TPSA) is 66.4 Å². The lowest BCUT2D eigenvalue weighted by atomic mass is 10.0. The smallest absolute Gasteiger partial charge is 0.274 e. The van der Waals surface area contributed by atoms with Gasteiger partial charge in [0.15, 0.2) is 0 Å². The molecule has 0 radical (unpaired) electrons. The van der Waals surface area contributed by atoms with Crippen LogP contribution in [0.1, 0.15) is 33.6 Å². The van der Waals surface area contributed by atoms with Crippen molar-refractivity contribution in [3.63, 3.8) is 0 Å². The van der Waals surface area contributed by atoms with E-state index >= 15 is 0 Å². The normalized spacial score (nSPS) is 14.8. The SMILES string of the molecule is Cc1ccc(CC(=O)N2CCCN(C(=O)c3cnccn3)CC2)cc1C. The van der Waals surface area contributed by atoms with Gasteiger partial charge in [-0.15, -0.1) is 0 Å². The summed E-state index contributed by atoms with van der Waals surface area (Å²) in [5.41, 5.74) is 3.82. The summed E-state index contributed by atoms with van der Waals surface area (Å²) in [6.07, 6.45) is 5.72. The molecule has 1 fully saturated rings. The van der Waals surface area contributed by atoms with Crippen molar-refractivity contribution in [3.05, 3.63) is 59.2 Å². The molecule has 1 saturated heterocycles. The fraction of sp³-hybridized carbons (Fsp3) is 0.400. The second-order valence-electron chi connectivity index (χ2n) is 6.71. The lowest BCUT2D eigenvalue weighted by Gasteiger charge is -2.22. The first-order valence-corrected chi connectivity index (χ1v) is 8.94. The van der Waals surface area contributed by atoms with Crippen LogP contribution in [0.4, 0.5) is 0 Å². The molecule has 1 aliphatic heterocycles. The minimum absolute atomic E-state index is 0.113. The van der Waals surface area contributed by atoms with E-state index < -0.39 is 0 Å². The fourth-order valence-corrected chi connectivity index (χ4v) is 3.14. The van der Waals surface area contributed by atoms with Crippen LogP contribution in [0.2, 0.25) is 0 Å². The zero-order chi connectivity index (χ0) is 18.5. The molecular weight excluding hydrogens is 328 g/mol. The minimum Gasteiger partial charge on any atom is -0.341 e. The first kappa shape index (κ1) is 18.0. The highest BCUT2D eigenvalue weighted by molar-refractivity contribution is 5.92. The molecule has 2 amide bonds. The van der Waals surface area contributed by atoms with Crippen LogP contribution in [-0.4, -0.2) is 57.8 Å². The van der Waals surface area contributed by atoms with Crippen LogP contribution in [0, 0.1) is 13.8 Å². The zero-order valence-electron chi connectivity index (χ0n) is 15.3. The maximum absolute atomic E-state index is 12.7. The van der Waals surface area contributed by atoms with Crippen LogP contribution in [0.3, 0.4) is 0 Å². The van der Waals surface area contributed by atoms with E-state index in [2.05, 4.69) is 35.9 Å². The molecule has 1 aliphatic rings. The van der Waals surface area contributed by atoms with Crippen molar-refractivity contribution in [2.45, 2.75) is 26.7 Å². The molecule has 2 aromatic rings. The Kier molecular flexibility index (Phi) is 5.61. The van der Waals surface area contributed by atoms with Gasteiger partial charge in [0.2, 0.25) is 5.91 Å². The van der Waals surface area contributed by atoms with Gasteiger partial charge in [0.25, 0.3) is 5.91 Å². The molecule has 0 bridgehead atoms. The Bertz CT molecular complexity index is 792. The summed E-state index contributed by atoms with van der Waals surface area (Å²) in [5.74, 6) is -0.0105. The van der Waals surface area contributed by atoms with Gasteiger partial charge in [-0.3, -0.25) is 14.6 Å². The molecule has 0 N–H and O–H groups in total. The second-order valence-corrected chi connectivity index (χ2v) is 6.71. The lowest BCUT2D eigenvalue weighted by Crippen LogP contribution is -2.38. The molecule has 6 nitrogen and oxygen atoms in total. The Labute approximate surface area is 153 Å². The summed E-state index contributed by atoms with van der Waals surface area (Å²) >= 11 is 0. The molecular formula is C20H24N4O2. The largest absolute Gasteiger partial charge is 0.341 e. The van der Waals surface area contributed by atoms with Gasteiger partial charge in [-0.2, -0.15) is 0 Å². The van der Waals surface area contributed by atoms with E-state index in [0.29, 0.717) is 38.3 Å². The zero-order valence-corrected chi connectivity index (χ0v) is 15.3. The Morgan fingerprint density at radius 2 is 1.77 bits per heavy atom. The van der Waals surface area contributed by atoms with Crippen molar-refractivity contribution in [1.29, 1.82) is 0 Å². The van der Waals surface area contributed by atoms with E-state index in [-0.39, 0.29) is 11.8 Å². The third kappa shape index (κ3) is 4.25. The minimum atomic E-state index is -0.124. The standard InChI is InChI=1S/C20H24N4O2/c1-15-4-5-17(12-16(15)2)13-19(25)23-8-3-9-24(11-10-23)20(26)18-14-21-6-7-22-18/h4-7,12,14H,3,8-11,13H2,1-2H3. The van der Waals surface area contributed by atoms with Crippen molar-refractivity contribution >= 4 is 11.8 Å². The first-order chi connectivity index (χ1) is 12.5. The molecule has 0 saturated carbocycles. The van der Waals surface area contributed by atoms with Gasteiger partial charge >= 0.3 is 0 Å². The van der Waals surface area contributed by atoms with E-state index in [0.717, 1.165) is 12.0 Å². The molecule has 2 heterocycles. The summed E-state index contributed by atoms with van der Waals surface area (Å²) < 4.78 is 0. The van der Waals surface area contributed by atoms with Gasteiger partial charge in [0, 0.05) is 38.6 Å². The van der Waals surface area contributed by atoms with Crippen molar-refractivity contribution in [2.75, 3.05) is 26.2 Å². The highest BCUT2D eigenvalue weighted by atomic mass is 16.2. The van der Waals surface area contributed by atoms with Gasteiger partial charge in [0.05, 0.1) is 12.6 Å². The predicted octanol–water partition coefficient (Wildman–Crippen LogP) is 2.01. The van der Waals surface area contributed by atoms with E-state index in [1.165, 1.54) is 23.5 Å². The van der Waals surface area contributed by atoms with E-state index in [9.17, 15) is 9.59 Å². The highest BCUT2D eigenvalue weighted by Gasteiger charge is 2.23. The number of aryl methyl sites for hydroxylation is 2. The Balaban J connectivity index is 1.60. The average Bonchev–Trinajstić information content (AvgIpc) is 2.91. The Hall–Kier alpha value is -2.76. The predicted molar refractivity (Wildman–Crippen MR) is 98.8 cm³/mol. The number of rotatable bonds is 3. The van der Waals surface area contributed by atoms with Crippen molar-refractivity contribution in [1.82, 2.24) is 19.8 Å². The summed E-state index contributed by atoms with van der Waals surface area (Å²) in [7, 11) is 0. The van der Waals surface area contributed by atoms with Gasteiger partial charge in [0.1, 0.15) is 5.69 Å². The Morgan fingerprint density at radius 3 is 2.50 bits per heavy atom. The first-order valence-electron chi connectivity index (χ1n) is 8.94. The number of carbonyl (C=O) groups excluding carboxylic acids is 2. The number of hydrogen-bond donors (Lipinski definition) is 0. The number of hydrogen-bond acceptors (Lipinski definition) is 4. The van der Waals surface area contributed by atoms with Gasteiger partial charge < -0.3 is 9.80 Å². The maximum atomic E-state index is 12.7. The number of amides is 2. The quantitative estimate of drug-likeness (QED) is 0.847. The number of benzene rings is 1. The summed E-state index contributed by atoms with van der Waals surface area (Å²) in [6.45, 7) is 6.50. The number of nitrogens with zero attached hydrogens (tertiary/aromatic N) is 4. The molecule has 0 aliphatic carbocycles. The van der Waals surface area contributed by atoms with Crippen molar-refractivity contribution < 1.29 is 9.59 Å². The van der Waals surface area contributed by atoms with Gasteiger partial charge in [-0.05, 0) is 37.0 Å². The summed E-state index contributed by atoms with van der Waals surface area (Å²) in [4.78, 5) is 36.8. The van der Waals surface area contributed by atoms with Crippen LogP contribution >= 0.6 is 0 Å². The monoisotopic (exact) mass is 352 g/mol. The van der Waals surface area contributed by atoms with E-state index in [1.54, 1.807) is 11.1 Å². The molecule has 1 aromatic heterocycles. The van der Waals surface area contributed by atoms with Crippen LogP contribution in [-0.2, 0) is 11.2 Å². The van der Waals surface area contributed by atoms with Gasteiger partial charge in [-0.25, -0.2) is 4.98 Å². The molecule has 6 heteroatoms. The van der Waals surface area contributed by atoms with Gasteiger partial charge in [-0.1, -0.05) is 18.2 Å². The summed E-state index contributed by atoms with van der Waals surface area (Å²) in [6, 6.07) is 6.15. The molecule has 26 heavy (non-hydrogen) atoms. The van der Waals surface area contributed by atoms with Crippen LogP contribution < -0.4 is 0 Å². The summed E-state index contributed by atoms with van der Waals surface area (Å²) in [5, 5.41) is 0. The van der Waals surface area contributed by atoms with E-state index in [1.807, 2.05) is 11.0 Å². The van der Waals surface area contributed by atoms with Crippen molar-refractivity contribution in [3.8, 4) is 0 Å². The van der Waals surface area contributed by atoms with Crippen molar-refractivity contribution in [2.24, 2.45) is 0 Å². The average molecular weight is 352 g/mol. The number of aromatic nitrogens is 2. The highest BCUT2D eigenvalue weighted by Crippen LogP contribution is 2.13. The molecule has 1 aromatic carbocycles. The molecule has 0 unspecified atom stereocenters. The second kappa shape index (κ2) is 8.08. The maximum Gasteiger partial charge on any atom is 0.274 e. The molecule has 0 atom stereocenters. The lowest BCUT2D eigenvalue weighted by molar-refractivity contribution is -0.130.